The van der Waals surface area contributed by atoms with Gasteiger partial charge < -0.3 is 20.6 Å². The predicted molar refractivity (Wildman–Crippen MR) is 112 cm³/mol. The summed E-state index contributed by atoms with van der Waals surface area (Å²) >= 11 is 3.05. The van der Waals surface area contributed by atoms with E-state index in [1.54, 1.807) is 17.0 Å². The maximum absolute atomic E-state index is 13.0. The highest BCUT2D eigenvalue weighted by molar-refractivity contribution is 7.99. The molecule has 2 aliphatic heterocycles. The topological polar surface area (TPSA) is 116 Å². The molecule has 0 radical (unpaired) electrons. The zero-order chi connectivity index (χ0) is 21.1. The van der Waals surface area contributed by atoms with Gasteiger partial charge in [-0.2, -0.15) is 11.8 Å². The lowest BCUT2D eigenvalue weighted by Gasteiger charge is -2.25. The molecule has 3 N–H and O–H groups in total. The number of benzene rings is 1. The molecule has 3 amide bonds. The first kappa shape index (κ1) is 21.5. The van der Waals surface area contributed by atoms with E-state index in [0.717, 1.165) is 5.56 Å². The van der Waals surface area contributed by atoms with Crippen molar-refractivity contribution in [2.75, 3.05) is 17.8 Å². The monoisotopic (exact) mass is 437 g/mol. The van der Waals surface area contributed by atoms with Gasteiger partial charge in [0.15, 0.2) is 0 Å². The Morgan fingerprint density at radius 3 is 2.72 bits per heavy atom. The van der Waals surface area contributed by atoms with Gasteiger partial charge in [-0.25, -0.2) is 0 Å². The SMILES string of the molecule is CSCCC(NC(=O)C1CSC2c3ccccc3C(=O)N12)C(=O)NC(C)C(=O)O. The molecule has 1 saturated heterocycles. The number of aliphatic carboxylic acids is 1. The van der Waals surface area contributed by atoms with Crippen LogP contribution < -0.4 is 10.6 Å². The van der Waals surface area contributed by atoms with Crippen LogP contribution in [-0.2, 0) is 14.4 Å². The Morgan fingerprint density at radius 2 is 2.03 bits per heavy atom. The summed E-state index contributed by atoms with van der Waals surface area (Å²) in [5.74, 6) is -1.20. The summed E-state index contributed by atoms with van der Waals surface area (Å²) in [4.78, 5) is 50.8. The number of fused-ring (bicyclic) bond motifs is 3. The minimum absolute atomic E-state index is 0.180. The van der Waals surface area contributed by atoms with Crippen molar-refractivity contribution >= 4 is 47.2 Å². The lowest BCUT2D eigenvalue weighted by atomic mass is 10.1. The summed E-state index contributed by atoms with van der Waals surface area (Å²) in [7, 11) is 0. The summed E-state index contributed by atoms with van der Waals surface area (Å²) < 4.78 is 0. The largest absolute Gasteiger partial charge is 0.480 e. The van der Waals surface area contributed by atoms with E-state index in [1.165, 1.54) is 30.4 Å². The van der Waals surface area contributed by atoms with Gasteiger partial charge >= 0.3 is 5.97 Å². The Hall–Kier alpha value is -2.20. The predicted octanol–water partition coefficient (Wildman–Crippen LogP) is 1.08. The molecule has 0 spiro atoms. The number of hydrogen-bond donors (Lipinski definition) is 3. The summed E-state index contributed by atoms with van der Waals surface area (Å²) in [5, 5.41) is 14.0. The maximum atomic E-state index is 13.0. The van der Waals surface area contributed by atoms with E-state index in [0.29, 0.717) is 23.5 Å². The number of rotatable bonds is 8. The molecule has 4 atom stereocenters. The standard InChI is InChI=1S/C19H23N3O5S2/c1-10(19(26)27)20-15(23)13(7-8-28-2)21-16(24)14-9-29-18-12-6-4-3-5-11(12)17(25)22(14)18/h3-6,10,13-14,18H,7-9H2,1-2H3,(H,20,23)(H,21,24)(H,26,27). The van der Waals surface area contributed by atoms with Crippen LogP contribution in [0.1, 0.15) is 34.6 Å². The molecule has 0 bridgehead atoms. The molecule has 1 aromatic rings. The van der Waals surface area contributed by atoms with Gasteiger partial charge in [0.25, 0.3) is 5.91 Å². The van der Waals surface area contributed by atoms with E-state index in [4.69, 9.17) is 5.11 Å². The smallest absolute Gasteiger partial charge is 0.325 e. The molecular formula is C19H23N3O5S2. The second-order valence-electron chi connectivity index (χ2n) is 6.91. The quantitative estimate of drug-likeness (QED) is 0.557. The highest BCUT2D eigenvalue weighted by atomic mass is 32.2. The fourth-order valence-electron chi connectivity index (χ4n) is 3.39. The minimum Gasteiger partial charge on any atom is -0.480 e. The Labute approximate surface area is 177 Å². The second-order valence-corrected chi connectivity index (χ2v) is 9.01. The zero-order valence-electron chi connectivity index (χ0n) is 16.1. The van der Waals surface area contributed by atoms with Crippen molar-refractivity contribution in [3.63, 3.8) is 0 Å². The van der Waals surface area contributed by atoms with E-state index in [2.05, 4.69) is 10.6 Å². The number of amides is 3. The molecule has 3 rings (SSSR count). The van der Waals surface area contributed by atoms with Crippen LogP contribution >= 0.6 is 23.5 Å². The fraction of sp³-hybridized carbons (Fsp3) is 0.474. The van der Waals surface area contributed by atoms with Gasteiger partial charge in [0, 0.05) is 11.3 Å². The Balaban J connectivity index is 1.71. The molecule has 2 heterocycles. The highest BCUT2D eigenvalue weighted by Gasteiger charge is 2.48. The maximum Gasteiger partial charge on any atom is 0.325 e. The molecule has 1 aromatic carbocycles. The van der Waals surface area contributed by atoms with Crippen molar-refractivity contribution in [2.24, 2.45) is 0 Å². The lowest BCUT2D eigenvalue weighted by Crippen LogP contribution is -2.55. The van der Waals surface area contributed by atoms with Crippen LogP contribution in [0, 0.1) is 0 Å². The van der Waals surface area contributed by atoms with Crippen molar-refractivity contribution in [3.8, 4) is 0 Å². The fourth-order valence-corrected chi connectivity index (χ4v) is 5.33. The molecule has 10 heteroatoms. The molecular weight excluding hydrogens is 414 g/mol. The van der Waals surface area contributed by atoms with Gasteiger partial charge in [0.1, 0.15) is 23.5 Å². The number of carboxylic acids is 1. The van der Waals surface area contributed by atoms with E-state index in [-0.39, 0.29) is 11.3 Å². The number of nitrogens with one attached hydrogen (secondary N) is 2. The van der Waals surface area contributed by atoms with Crippen LogP contribution in [0.5, 0.6) is 0 Å². The molecule has 0 saturated carbocycles. The first-order chi connectivity index (χ1) is 13.8. The van der Waals surface area contributed by atoms with Gasteiger partial charge in [0.05, 0.1) is 0 Å². The molecule has 29 heavy (non-hydrogen) atoms. The van der Waals surface area contributed by atoms with Crippen LogP contribution in [0.25, 0.3) is 0 Å². The third-order valence-corrected chi connectivity index (χ3v) is 6.92. The molecule has 8 nitrogen and oxygen atoms in total. The van der Waals surface area contributed by atoms with Crippen LogP contribution in [0.3, 0.4) is 0 Å². The third-order valence-electron chi connectivity index (χ3n) is 4.97. The van der Waals surface area contributed by atoms with Crippen molar-refractivity contribution in [3.05, 3.63) is 35.4 Å². The molecule has 2 aliphatic rings. The van der Waals surface area contributed by atoms with Gasteiger partial charge in [-0.15, -0.1) is 11.8 Å². The lowest BCUT2D eigenvalue weighted by molar-refractivity contribution is -0.141. The summed E-state index contributed by atoms with van der Waals surface area (Å²) in [5.41, 5.74) is 1.51. The van der Waals surface area contributed by atoms with Crippen LogP contribution in [0.15, 0.2) is 24.3 Å². The second kappa shape index (κ2) is 9.08. The minimum atomic E-state index is -1.15. The third kappa shape index (κ3) is 4.37. The number of carboxylic acid groups (broad SMARTS) is 1. The molecule has 0 aromatic heterocycles. The van der Waals surface area contributed by atoms with Crippen molar-refractivity contribution in [2.45, 2.75) is 36.8 Å². The number of hydrogen-bond acceptors (Lipinski definition) is 6. The highest BCUT2D eigenvalue weighted by Crippen LogP contribution is 2.48. The van der Waals surface area contributed by atoms with E-state index >= 15 is 0 Å². The first-order valence-electron chi connectivity index (χ1n) is 9.20. The summed E-state index contributed by atoms with van der Waals surface area (Å²) in [6, 6.07) is 4.73. The van der Waals surface area contributed by atoms with Gasteiger partial charge in [0.2, 0.25) is 11.8 Å². The van der Waals surface area contributed by atoms with Gasteiger partial charge in [-0.05, 0) is 37.0 Å². The van der Waals surface area contributed by atoms with Crippen molar-refractivity contribution in [1.82, 2.24) is 15.5 Å². The Bertz CT molecular complexity index is 834. The van der Waals surface area contributed by atoms with Crippen LogP contribution in [0.4, 0.5) is 0 Å². The summed E-state index contributed by atoms with van der Waals surface area (Å²) in [6.45, 7) is 1.37. The number of thioether (sulfide) groups is 2. The number of carbonyl (C=O) groups is 4. The Kier molecular flexibility index (Phi) is 6.74. The van der Waals surface area contributed by atoms with E-state index < -0.39 is 35.9 Å². The Morgan fingerprint density at radius 1 is 1.31 bits per heavy atom. The average Bonchev–Trinajstić information content (AvgIpc) is 3.25. The van der Waals surface area contributed by atoms with Gasteiger partial charge in [-0.1, -0.05) is 18.2 Å². The van der Waals surface area contributed by atoms with Crippen LogP contribution in [0.2, 0.25) is 0 Å². The summed E-state index contributed by atoms with van der Waals surface area (Å²) in [6.07, 6.45) is 2.25. The molecule has 1 fully saturated rings. The number of carbonyl (C=O) groups excluding carboxylic acids is 3. The molecule has 0 aliphatic carbocycles. The normalized spacial score (nSPS) is 21.9. The van der Waals surface area contributed by atoms with Crippen molar-refractivity contribution in [1.29, 1.82) is 0 Å². The van der Waals surface area contributed by atoms with E-state index in [9.17, 15) is 19.2 Å². The van der Waals surface area contributed by atoms with E-state index in [1.807, 2.05) is 18.4 Å². The first-order valence-corrected chi connectivity index (χ1v) is 11.6. The number of nitrogens with zero attached hydrogens (tertiary/aromatic N) is 1. The molecule has 4 unspecified atom stereocenters. The van der Waals surface area contributed by atoms with Gasteiger partial charge in [-0.3, -0.25) is 19.2 Å². The zero-order valence-corrected chi connectivity index (χ0v) is 17.7. The average molecular weight is 438 g/mol. The van der Waals surface area contributed by atoms with Crippen LogP contribution in [-0.4, -0.2) is 69.6 Å². The van der Waals surface area contributed by atoms with Crippen molar-refractivity contribution < 1.29 is 24.3 Å². The molecule has 156 valence electrons.